The summed E-state index contributed by atoms with van der Waals surface area (Å²) < 4.78 is 8.89. The maximum Gasteiger partial charge on any atom is 0.278 e. The van der Waals surface area contributed by atoms with Gasteiger partial charge < -0.3 is 14.6 Å². The second kappa shape index (κ2) is 9.87. The minimum Gasteiger partial charge on any atom is -0.492 e. The lowest BCUT2D eigenvalue weighted by atomic mass is 10.1. The molecule has 0 aliphatic heterocycles. The van der Waals surface area contributed by atoms with Gasteiger partial charge in [-0.1, -0.05) is 53.6 Å². The number of ether oxygens (including phenoxy) is 1. The van der Waals surface area contributed by atoms with E-state index in [1.807, 2.05) is 62.4 Å². The Labute approximate surface area is 212 Å². The van der Waals surface area contributed by atoms with E-state index in [0.29, 0.717) is 34.1 Å². The molecule has 0 aliphatic rings. The molecule has 0 spiro atoms. The number of rotatable bonds is 7. The van der Waals surface area contributed by atoms with Gasteiger partial charge >= 0.3 is 0 Å². The molecule has 0 bridgehead atoms. The van der Waals surface area contributed by atoms with Crippen LogP contribution in [0.2, 0.25) is 5.02 Å². The summed E-state index contributed by atoms with van der Waals surface area (Å²) in [5, 5.41) is 4.33. The molecule has 2 heterocycles. The van der Waals surface area contributed by atoms with Gasteiger partial charge in [-0.2, -0.15) is 0 Å². The van der Waals surface area contributed by atoms with E-state index in [1.165, 1.54) is 4.57 Å². The highest BCUT2D eigenvalue weighted by Crippen LogP contribution is 2.28. The Balaban J connectivity index is 1.59. The smallest absolute Gasteiger partial charge is 0.278 e. The minimum atomic E-state index is -0.276. The minimum absolute atomic E-state index is 0.0590. The third kappa shape index (κ3) is 4.45. The topological polar surface area (TPSA) is 78.2 Å². The van der Waals surface area contributed by atoms with Crippen LogP contribution in [-0.4, -0.2) is 26.6 Å². The first kappa shape index (κ1) is 23.6. The van der Waals surface area contributed by atoms with E-state index in [2.05, 4.69) is 10.3 Å². The summed E-state index contributed by atoms with van der Waals surface area (Å²) in [7, 11) is 0. The zero-order chi connectivity index (χ0) is 25.2. The van der Waals surface area contributed by atoms with Gasteiger partial charge in [0, 0.05) is 10.4 Å². The zero-order valence-corrected chi connectivity index (χ0v) is 20.7. The maximum absolute atomic E-state index is 13.7. The molecule has 0 fully saturated rings. The second-order valence-corrected chi connectivity index (χ2v) is 8.96. The Morgan fingerprint density at radius 1 is 1.08 bits per heavy atom. The predicted octanol–water partition coefficient (Wildman–Crippen LogP) is 5.40. The van der Waals surface area contributed by atoms with Crippen molar-refractivity contribution in [3.63, 3.8) is 0 Å². The first-order valence-electron chi connectivity index (χ1n) is 11.7. The number of benzene rings is 3. The Morgan fingerprint density at radius 3 is 2.67 bits per heavy atom. The van der Waals surface area contributed by atoms with Crippen LogP contribution in [0.15, 0.2) is 77.9 Å². The van der Waals surface area contributed by atoms with Crippen molar-refractivity contribution in [2.75, 3.05) is 11.9 Å². The van der Waals surface area contributed by atoms with E-state index < -0.39 is 0 Å². The van der Waals surface area contributed by atoms with E-state index in [-0.39, 0.29) is 24.6 Å². The summed E-state index contributed by atoms with van der Waals surface area (Å²) >= 11 is 6.33. The molecule has 36 heavy (non-hydrogen) atoms. The van der Waals surface area contributed by atoms with E-state index >= 15 is 0 Å². The molecule has 0 unspecified atom stereocenters. The van der Waals surface area contributed by atoms with Crippen LogP contribution in [-0.2, 0) is 17.9 Å². The SMILES string of the molecule is CCOc1ccccc1NC(=O)Cn1c2ccc(C)cc2c2ncn(Cc3ccccc3Cl)c(=O)c21. The summed E-state index contributed by atoms with van der Waals surface area (Å²) in [4.78, 5) is 31.5. The van der Waals surface area contributed by atoms with Crippen molar-refractivity contribution in [3.8, 4) is 5.75 Å². The number of halogens is 1. The molecule has 0 aliphatic carbocycles. The van der Waals surface area contributed by atoms with E-state index in [0.717, 1.165) is 22.0 Å². The lowest BCUT2D eigenvalue weighted by Crippen LogP contribution is -2.25. The number of carbonyl (C=O) groups excluding carboxylic acids is 1. The molecule has 1 amide bonds. The molecule has 0 saturated carbocycles. The fourth-order valence-electron chi connectivity index (χ4n) is 4.39. The van der Waals surface area contributed by atoms with Gasteiger partial charge in [-0.25, -0.2) is 4.98 Å². The summed E-state index contributed by atoms with van der Waals surface area (Å²) in [5.41, 5.74) is 3.90. The monoisotopic (exact) mass is 500 g/mol. The quantitative estimate of drug-likeness (QED) is 0.324. The Bertz CT molecular complexity index is 1650. The van der Waals surface area contributed by atoms with Gasteiger partial charge in [0.2, 0.25) is 5.91 Å². The molecule has 2 aromatic heterocycles. The highest BCUT2D eigenvalue weighted by molar-refractivity contribution is 6.31. The number of anilines is 1. The third-order valence-corrected chi connectivity index (χ3v) is 6.41. The number of aryl methyl sites for hydroxylation is 1. The number of amides is 1. The van der Waals surface area contributed by atoms with Crippen molar-refractivity contribution in [2.24, 2.45) is 0 Å². The van der Waals surface area contributed by atoms with Crippen LogP contribution >= 0.6 is 11.6 Å². The summed E-state index contributed by atoms with van der Waals surface area (Å²) in [6.45, 7) is 4.57. The van der Waals surface area contributed by atoms with Gasteiger partial charge in [-0.15, -0.1) is 0 Å². The largest absolute Gasteiger partial charge is 0.492 e. The van der Waals surface area contributed by atoms with Crippen molar-refractivity contribution in [1.29, 1.82) is 0 Å². The number of carbonyl (C=O) groups is 1. The average molecular weight is 501 g/mol. The maximum atomic E-state index is 13.7. The van der Waals surface area contributed by atoms with Crippen LogP contribution < -0.4 is 15.6 Å². The standard InChI is InChI=1S/C28H25ClN4O3/c1-3-36-24-11-7-6-10-22(24)31-25(34)16-33-23-13-12-18(2)14-20(23)26-27(33)28(35)32(17-30-26)15-19-8-4-5-9-21(19)29/h4-14,17H,3,15-16H2,1-2H3,(H,31,34). The summed E-state index contributed by atoms with van der Waals surface area (Å²) in [6, 6.07) is 20.5. The molecule has 1 N–H and O–H groups in total. The number of hydrogen-bond donors (Lipinski definition) is 1. The first-order valence-corrected chi connectivity index (χ1v) is 12.1. The molecule has 5 aromatic rings. The van der Waals surface area contributed by atoms with Crippen LogP contribution in [0.5, 0.6) is 5.75 Å². The van der Waals surface area contributed by atoms with Gasteiger partial charge in [-0.3, -0.25) is 14.2 Å². The van der Waals surface area contributed by atoms with Crippen molar-refractivity contribution >= 4 is 45.1 Å². The molecule has 3 aromatic carbocycles. The van der Waals surface area contributed by atoms with Crippen molar-refractivity contribution < 1.29 is 9.53 Å². The first-order chi connectivity index (χ1) is 17.5. The highest BCUT2D eigenvalue weighted by Gasteiger charge is 2.19. The normalized spacial score (nSPS) is 11.2. The van der Waals surface area contributed by atoms with Gasteiger partial charge in [0.05, 0.1) is 30.7 Å². The molecule has 182 valence electrons. The molecule has 7 nitrogen and oxygen atoms in total. The molecule has 5 rings (SSSR count). The van der Waals surface area contributed by atoms with Gasteiger partial charge in [-0.05, 0) is 49.7 Å². The molecule has 0 radical (unpaired) electrons. The van der Waals surface area contributed by atoms with E-state index in [4.69, 9.17) is 16.3 Å². The fourth-order valence-corrected chi connectivity index (χ4v) is 4.58. The lowest BCUT2D eigenvalue weighted by Gasteiger charge is -2.13. The number of hydrogen-bond acceptors (Lipinski definition) is 4. The number of nitrogens with zero attached hydrogens (tertiary/aromatic N) is 3. The van der Waals surface area contributed by atoms with Gasteiger partial charge in [0.1, 0.15) is 23.3 Å². The van der Waals surface area contributed by atoms with Gasteiger partial charge in [0.15, 0.2) is 0 Å². The number of aromatic nitrogens is 3. The predicted molar refractivity (Wildman–Crippen MR) is 143 cm³/mol. The average Bonchev–Trinajstić information content (AvgIpc) is 3.16. The molecular weight excluding hydrogens is 476 g/mol. The van der Waals surface area contributed by atoms with Crippen LogP contribution in [0.4, 0.5) is 5.69 Å². The highest BCUT2D eigenvalue weighted by atomic mass is 35.5. The molecular formula is C28H25ClN4O3. The van der Waals surface area contributed by atoms with Crippen LogP contribution in [0, 0.1) is 6.92 Å². The zero-order valence-electron chi connectivity index (χ0n) is 20.0. The fraction of sp³-hybridized carbons (Fsp3) is 0.179. The third-order valence-electron chi connectivity index (χ3n) is 6.04. The summed E-state index contributed by atoms with van der Waals surface area (Å²) in [6.07, 6.45) is 1.54. The number of fused-ring (bicyclic) bond motifs is 3. The Morgan fingerprint density at radius 2 is 1.86 bits per heavy atom. The number of nitrogens with one attached hydrogen (secondary N) is 1. The Hall–Kier alpha value is -4.10. The van der Waals surface area contributed by atoms with Crippen LogP contribution in [0.25, 0.3) is 21.9 Å². The second-order valence-electron chi connectivity index (χ2n) is 8.55. The van der Waals surface area contributed by atoms with Crippen LogP contribution in [0.1, 0.15) is 18.1 Å². The summed E-state index contributed by atoms with van der Waals surface area (Å²) in [5.74, 6) is 0.317. The van der Waals surface area contributed by atoms with E-state index in [9.17, 15) is 9.59 Å². The van der Waals surface area contributed by atoms with Crippen molar-refractivity contribution in [2.45, 2.75) is 26.9 Å². The van der Waals surface area contributed by atoms with E-state index in [1.54, 1.807) is 29.1 Å². The van der Waals surface area contributed by atoms with Crippen molar-refractivity contribution in [1.82, 2.24) is 14.1 Å². The lowest BCUT2D eigenvalue weighted by molar-refractivity contribution is -0.116. The molecule has 0 saturated heterocycles. The van der Waals surface area contributed by atoms with Crippen molar-refractivity contribution in [3.05, 3.63) is 99.6 Å². The molecule has 0 atom stereocenters. The van der Waals surface area contributed by atoms with Crippen LogP contribution in [0.3, 0.4) is 0 Å². The number of para-hydroxylation sites is 2. The molecule has 8 heteroatoms. The Kier molecular flexibility index (Phi) is 6.48. The van der Waals surface area contributed by atoms with Gasteiger partial charge in [0.25, 0.3) is 5.56 Å².